The molecule has 23 heavy (non-hydrogen) atoms. The van der Waals surface area contributed by atoms with E-state index < -0.39 is 0 Å². The van der Waals surface area contributed by atoms with Gasteiger partial charge in [0.25, 0.3) is 0 Å². The Morgan fingerprint density at radius 3 is 2.09 bits per heavy atom. The summed E-state index contributed by atoms with van der Waals surface area (Å²) in [5.41, 5.74) is 1.04. The van der Waals surface area contributed by atoms with Crippen LogP contribution in [0.1, 0.15) is 5.56 Å². The second-order valence-electron chi connectivity index (χ2n) is 6.18. The molecule has 2 N–H and O–H groups in total. The van der Waals surface area contributed by atoms with E-state index in [9.17, 15) is 10.2 Å². The maximum atomic E-state index is 10.6. The third kappa shape index (κ3) is 1.43. The van der Waals surface area contributed by atoms with Gasteiger partial charge in [-0.05, 0) is 46.2 Å². The molecule has 0 atom stereocenters. The Balaban J connectivity index is 2.32. The summed E-state index contributed by atoms with van der Waals surface area (Å²) in [4.78, 5) is 0. The zero-order valence-corrected chi connectivity index (χ0v) is 12.6. The molecule has 2 heteroatoms. The van der Waals surface area contributed by atoms with Crippen molar-refractivity contribution in [2.24, 2.45) is 0 Å². The fourth-order valence-corrected chi connectivity index (χ4v) is 3.96. The molecule has 0 heterocycles. The number of hydrogen-bond donors (Lipinski definition) is 2. The molecule has 2 nitrogen and oxygen atoms in total. The molecule has 0 aliphatic heterocycles. The van der Waals surface area contributed by atoms with Crippen molar-refractivity contribution in [2.45, 2.75) is 6.92 Å². The van der Waals surface area contributed by atoms with Gasteiger partial charge >= 0.3 is 0 Å². The van der Waals surface area contributed by atoms with Gasteiger partial charge in [0, 0.05) is 21.5 Å². The summed E-state index contributed by atoms with van der Waals surface area (Å²) in [5.74, 6) is 0.577. The smallest absolute Gasteiger partial charge is 0.124 e. The number of aromatic hydroxyl groups is 2. The average molecular weight is 298 g/mol. The predicted octanol–water partition coefficient (Wildman–Crippen LogP) is 5.46. The summed E-state index contributed by atoms with van der Waals surface area (Å²) < 4.78 is 0. The number of hydrogen-bond acceptors (Lipinski definition) is 2. The largest absolute Gasteiger partial charge is 0.507 e. The first-order valence-electron chi connectivity index (χ1n) is 7.67. The van der Waals surface area contributed by atoms with E-state index in [1.165, 1.54) is 0 Å². The summed E-state index contributed by atoms with van der Waals surface area (Å²) in [6.45, 7) is 2.00. The number of benzene rings is 5. The van der Waals surface area contributed by atoms with Crippen LogP contribution >= 0.6 is 0 Å². The van der Waals surface area contributed by atoms with Crippen molar-refractivity contribution in [1.29, 1.82) is 0 Å². The van der Waals surface area contributed by atoms with Crippen molar-refractivity contribution < 1.29 is 10.2 Å². The summed E-state index contributed by atoms with van der Waals surface area (Å²) in [5, 5.41) is 29.1. The predicted molar refractivity (Wildman–Crippen MR) is 95.7 cm³/mol. The van der Waals surface area contributed by atoms with Crippen LogP contribution in [0.3, 0.4) is 0 Å². The molecule has 0 bridgehead atoms. The number of aryl methyl sites for hydroxylation is 1. The highest BCUT2D eigenvalue weighted by Crippen LogP contribution is 2.46. The molecule has 0 amide bonds. The highest BCUT2D eigenvalue weighted by atomic mass is 16.3. The molecule has 0 saturated carbocycles. The summed E-state index contributed by atoms with van der Waals surface area (Å²) in [7, 11) is 0. The van der Waals surface area contributed by atoms with Crippen molar-refractivity contribution in [2.75, 3.05) is 0 Å². The lowest BCUT2D eigenvalue weighted by Crippen LogP contribution is -1.89. The third-order valence-electron chi connectivity index (χ3n) is 4.91. The molecule has 0 aliphatic carbocycles. The van der Waals surface area contributed by atoms with E-state index in [0.717, 1.165) is 48.7 Å². The Hall–Kier alpha value is -3.00. The maximum absolute atomic E-state index is 10.6. The summed E-state index contributed by atoms with van der Waals surface area (Å²) >= 11 is 0. The first kappa shape index (κ1) is 12.5. The van der Waals surface area contributed by atoms with Crippen molar-refractivity contribution >= 4 is 43.1 Å². The highest BCUT2D eigenvalue weighted by molar-refractivity contribution is 6.35. The van der Waals surface area contributed by atoms with E-state index in [2.05, 4.69) is 6.07 Å². The lowest BCUT2D eigenvalue weighted by molar-refractivity contribution is 0.481. The summed E-state index contributed by atoms with van der Waals surface area (Å²) in [6, 6.07) is 17.7. The molecule has 0 unspecified atom stereocenters. The van der Waals surface area contributed by atoms with Crippen LogP contribution in [0, 0.1) is 6.92 Å². The van der Waals surface area contributed by atoms with Gasteiger partial charge in [0.1, 0.15) is 11.5 Å². The molecular weight excluding hydrogens is 284 g/mol. The van der Waals surface area contributed by atoms with Gasteiger partial charge in [0.2, 0.25) is 0 Å². The van der Waals surface area contributed by atoms with E-state index in [1.807, 2.05) is 49.4 Å². The maximum Gasteiger partial charge on any atom is 0.124 e. The Kier molecular flexibility index (Phi) is 2.21. The minimum absolute atomic E-state index is 0.282. The number of fused-ring (bicyclic) bond motifs is 2. The quantitative estimate of drug-likeness (QED) is 0.294. The van der Waals surface area contributed by atoms with Gasteiger partial charge in [-0.1, -0.05) is 42.5 Å². The van der Waals surface area contributed by atoms with E-state index in [1.54, 1.807) is 6.07 Å². The molecule has 0 saturated heterocycles. The molecule has 5 aromatic rings. The normalized spacial score (nSPS) is 12.0. The van der Waals surface area contributed by atoms with Crippen molar-refractivity contribution in [3.8, 4) is 11.5 Å². The minimum atomic E-state index is 0.282. The zero-order valence-electron chi connectivity index (χ0n) is 12.6. The van der Waals surface area contributed by atoms with E-state index >= 15 is 0 Å². The molecule has 0 aromatic heterocycles. The lowest BCUT2D eigenvalue weighted by atomic mass is 9.88. The molecule has 5 rings (SSSR count). The van der Waals surface area contributed by atoms with Gasteiger partial charge in [-0.25, -0.2) is 0 Å². The van der Waals surface area contributed by atoms with Gasteiger partial charge in [-0.3, -0.25) is 0 Å². The van der Waals surface area contributed by atoms with Gasteiger partial charge < -0.3 is 10.2 Å². The molecule has 0 fully saturated rings. The van der Waals surface area contributed by atoms with Crippen LogP contribution in [-0.2, 0) is 0 Å². The highest BCUT2D eigenvalue weighted by Gasteiger charge is 2.18. The molecule has 0 spiro atoms. The van der Waals surface area contributed by atoms with E-state index in [4.69, 9.17) is 0 Å². The van der Waals surface area contributed by atoms with Crippen molar-refractivity contribution in [3.05, 3.63) is 60.2 Å². The Morgan fingerprint density at radius 1 is 0.609 bits per heavy atom. The van der Waals surface area contributed by atoms with Gasteiger partial charge in [-0.2, -0.15) is 0 Å². The molecule has 5 aromatic carbocycles. The fraction of sp³-hybridized carbons (Fsp3) is 0.0476. The van der Waals surface area contributed by atoms with Crippen molar-refractivity contribution in [1.82, 2.24) is 0 Å². The van der Waals surface area contributed by atoms with Crippen LogP contribution in [0.2, 0.25) is 0 Å². The van der Waals surface area contributed by atoms with E-state index in [0.29, 0.717) is 5.75 Å². The van der Waals surface area contributed by atoms with Crippen LogP contribution in [0.25, 0.3) is 43.1 Å². The topological polar surface area (TPSA) is 40.5 Å². The molecular formula is C21H14O2. The van der Waals surface area contributed by atoms with Crippen LogP contribution in [-0.4, -0.2) is 10.2 Å². The Labute approximate surface area is 132 Å². The van der Waals surface area contributed by atoms with Gasteiger partial charge in [0.15, 0.2) is 0 Å². The summed E-state index contributed by atoms with van der Waals surface area (Å²) in [6.07, 6.45) is 0. The molecule has 0 aliphatic rings. The SMILES string of the molecule is Cc1cc(O)c2c3cccc4ccc(O)c(c5cccc1c52)c43. The fourth-order valence-electron chi connectivity index (χ4n) is 3.96. The first-order valence-corrected chi connectivity index (χ1v) is 7.67. The zero-order chi connectivity index (χ0) is 15.7. The second kappa shape index (κ2) is 4.05. The van der Waals surface area contributed by atoms with Crippen LogP contribution in [0.15, 0.2) is 54.6 Å². The number of phenols is 2. The molecule has 0 radical (unpaired) electrons. The van der Waals surface area contributed by atoms with Crippen molar-refractivity contribution in [3.63, 3.8) is 0 Å². The van der Waals surface area contributed by atoms with Crippen LogP contribution in [0.5, 0.6) is 11.5 Å². The van der Waals surface area contributed by atoms with Gasteiger partial charge in [0.05, 0.1) is 0 Å². The standard InChI is InChI=1S/C21H14O2/c1-11-10-17(23)21-14-6-2-4-12-8-9-16(22)20(18(12)14)15-7-3-5-13(11)19(15)21/h2-10,22-23H,1H3. The number of rotatable bonds is 0. The monoisotopic (exact) mass is 298 g/mol. The Bertz CT molecular complexity index is 1240. The Morgan fingerprint density at radius 2 is 1.26 bits per heavy atom. The van der Waals surface area contributed by atoms with Crippen LogP contribution in [0.4, 0.5) is 0 Å². The third-order valence-corrected chi connectivity index (χ3v) is 4.91. The van der Waals surface area contributed by atoms with Crippen LogP contribution < -0.4 is 0 Å². The minimum Gasteiger partial charge on any atom is -0.507 e. The average Bonchev–Trinajstić information content (AvgIpc) is 2.55. The van der Waals surface area contributed by atoms with Gasteiger partial charge in [-0.15, -0.1) is 0 Å². The van der Waals surface area contributed by atoms with E-state index in [-0.39, 0.29) is 5.75 Å². The number of phenolic OH excluding ortho intramolecular Hbond substituents is 2. The second-order valence-corrected chi connectivity index (χ2v) is 6.18. The molecule has 110 valence electrons. The lowest BCUT2D eigenvalue weighted by Gasteiger charge is -2.17. The first-order chi connectivity index (χ1) is 11.2.